The molecule has 0 atom stereocenters. The van der Waals surface area contributed by atoms with E-state index in [0.29, 0.717) is 6.04 Å². The average molecular weight is 263 g/mol. The van der Waals surface area contributed by atoms with Gasteiger partial charge in [-0.3, -0.25) is 4.90 Å². The van der Waals surface area contributed by atoms with Gasteiger partial charge in [0.05, 0.1) is 0 Å². The molecule has 1 aliphatic heterocycles. The molecule has 2 rings (SSSR count). The molecule has 5 nitrogen and oxygen atoms in total. The Morgan fingerprint density at radius 2 is 1.89 bits per heavy atom. The van der Waals surface area contributed by atoms with Crippen LogP contribution < -0.4 is 10.2 Å². The minimum absolute atomic E-state index is 0.631. The summed E-state index contributed by atoms with van der Waals surface area (Å²) < 4.78 is 0. The van der Waals surface area contributed by atoms with Crippen molar-refractivity contribution in [2.75, 3.05) is 43.4 Å². The van der Waals surface area contributed by atoms with Gasteiger partial charge in [-0.15, -0.1) is 0 Å². The molecule has 0 aromatic carbocycles. The lowest BCUT2D eigenvalue weighted by molar-refractivity contribution is 0.209. The Morgan fingerprint density at radius 1 is 1.21 bits per heavy atom. The predicted octanol–water partition coefficient (Wildman–Crippen LogP) is 1.61. The second-order valence-electron chi connectivity index (χ2n) is 5.25. The lowest BCUT2D eigenvalue weighted by Gasteiger charge is -2.37. The molecule has 19 heavy (non-hydrogen) atoms. The van der Waals surface area contributed by atoms with Gasteiger partial charge in [0.1, 0.15) is 17.5 Å². The lowest BCUT2D eigenvalue weighted by Crippen LogP contribution is -2.49. The molecular weight excluding hydrogens is 238 g/mol. The second-order valence-corrected chi connectivity index (χ2v) is 5.25. The maximum atomic E-state index is 4.65. The molecule has 1 aliphatic rings. The van der Waals surface area contributed by atoms with Crippen LogP contribution in [0.25, 0.3) is 0 Å². The normalized spacial score (nSPS) is 17.0. The van der Waals surface area contributed by atoms with E-state index in [-0.39, 0.29) is 0 Å². The third kappa shape index (κ3) is 3.35. The maximum absolute atomic E-state index is 4.65. The summed E-state index contributed by atoms with van der Waals surface area (Å²) in [7, 11) is 1.91. The molecule has 1 aromatic rings. The highest BCUT2D eigenvalue weighted by Gasteiger charge is 2.20. The van der Waals surface area contributed by atoms with Gasteiger partial charge in [0, 0.05) is 51.8 Å². The molecule has 1 fully saturated rings. The van der Waals surface area contributed by atoms with Crippen molar-refractivity contribution in [3.63, 3.8) is 0 Å². The van der Waals surface area contributed by atoms with Gasteiger partial charge >= 0.3 is 0 Å². The smallest absolute Gasteiger partial charge is 0.134 e. The highest BCUT2D eigenvalue weighted by Crippen LogP contribution is 2.18. The zero-order chi connectivity index (χ0) is 13.8. The van der Waals surface area contributed by atoms with Crippen LogP contribution in [0.2, 0.25) is 0 Å². The molecule has 0 radical (unpaired) electrons. The standard InChI is InChI=1S/C14H25N5/c1-5-12-16-13(15-4)10-14(17-12)19-8-6-18(7-9-19)11(2)3/h10-11H,5-9H2,1-4H3,(H,15,16,17). The van der Waals surface area contributed by atoms with Gasteiger partial charge in [-0.2, -0.15) is 0 Å². The Kier molecular flexibility index (Phi) is 4.58. The van der Waals surface area contributed by atoms with Crippen molar-refractivity contribution in [2.24, 2.45) is 0 Å². The van der Waals surface area contributed by atoms with E-state index in [1.807, 2.05) is 13.1 Å². The third-order valence-electron chi connectivity index (χ3n) is 3.70. The van der Waals surface area contributed by atoms with Crippen molar-refractivity contribution in [1.82, 2.24) is 14.9 Å². The van der Waals surface area contributed by atoms with Crippen LogP contribution in [0.5, 0.6) is 0 Å². The predicted molar refractivity (Wildman–Crippen MR) is 79.9 cm³/mol. The van der Waals surface area contributed by atoms with Crippen molar-refractivity contribution in [2.45, 2.75) is 33.2 Å². The van der Waals surface area contributed by atoms with E-state index in [1.54, 1.807) is 0 Å². The molecule has 0 amide bonds. The molecule has 0 bridgehead atoms. The van der Waals surface area contributed by atoms with Gasteiger partial charge in [-0.1, -0.05) is 6.92 Å². The first-order chi connectivity index (χ1) is 9.13. The average Bonchev–Trinajstić information content (AvgIpc) is 2.46. The second kappa shape index (κ2) is 6.19. The highest BCUT2D eigenvalue weighted by atomic mass is 15.3. The largest absolute Gasteiger partial charge is 0.373 e. The first-order valence-electron chi connectivity index (χ1n) is 7.18. The van der Waals surface area contributed by atoms with E-state index in [4.69, 9.17) is 0 Å². The SMILES string of the molecule is CCc1nc(NC)cc(N2CCN(C(C)C)CC2)n1. The number of hydrogen-bond donors (Lipinski definition) is 1. The number of hydrogen-bond acceptors (Lipinski definition) is 5. The van der Waals surface area contributed by atoms with Crippen LogP contribution in [0.15, 0.2) is 6.07 Å². The van der Waals surface area contributed by atoms with Gasteiger partial charge in [0.25, 0.3) is 0 Å². The Balaban J connectivity index is 2.10. The molecule has 2 heterocycles. The van der Waals surface area contributed by atoms with Crippen LogP contribution in [0.4, 0.5) is 11.6 Å². The Morgan fingerprint density at radius 3 is 2.42 bits per heavy atom. The fraction of sp³-hybridized carbons (Fsp3) is 0.714. The van der Waals surface area contributed by atoms with Gasteiger partial charge in [-0.25, -0.2) is 9.97 Å². The summed E-state index contributed by atoms with van der Waals surface area (Å²) >= 11 is 0. The summed E-state index contributed by atoms with van der Waals surface area (Å²) in [5, 5.41) is 3.12. The molecule has 1 aromatic heterocycles. The number of rotatable bonds is 4. The van der Waals surface area contributed by atoms with Crippen LogP contribution in [-0.4, -0.2) is 54.1 Å². The van der Waals surface area contributed by atoms with Gasteiger partial charge in [0.2, 0.25) is 0 Å². The molecule has 5 heteroatoms. The lowest BCUT2D eigenvalue weighted by atomic mass is 10.2. The number of anilines is 2. The van der Waals surface area contributed by atoms with Crippen LogP contribution in [0.3, 0.4) is 0 Å². The summed E-state index contributed by atoms with van der Waals surface area (Å²) in [6.07, 6.45) is 0.870. The number of nitrogens with one attached hydrogen (secondary N) is 1. The summed E-state index contributed by atoms with van der Waals surface area (Å²) in [6.45, 7) is 10.9. The maximum Gasteiger partial charge on any atom is 0.134 e. The van der Waals surface area contributed by atoms with Crippen molar-refractivity contribution in [1.29, 1.82) is 0 Å². The van der Waals surface area contributed by atoms with Crippen molar-refractivity contribution >= 4 is 11.6 Å². The highest BCUT2D eigenvalue weighted by molar-refractivity contribution is 5.49. The third-order valence-corrected chi connectivity index (χ3v) is 3.70. The van der Waals surface area contributed by atoms with E-state index in [1.165, 1.54) is 0 Å². The zero-order valence-corrected chi connectivity index (χ0v) is 12.5. The quantitative estimate of drug-likeness (QED) is 0.894. The van der Waals surface area contributed by atoms with E-state index in [9.17, 15) is 0 Å². The number of aromatic nitrogens is 2. The van der Waals surface area contributed by atoms with Crippen LogP contribution in [-0.2, 0) is 6.42 Å². The molecule has 0 aliphatic carbocycles. The van der Waals surface area contributed by atoms with Crippen LogP contribution in [0.1, 0.15) is 26.6 Å². The fourth-order valence-electron chi connectivity index (χ4n) is 2.40. The molecule has 0 spiro atoms. The molecule has 0 saturated carbocycles. The minimum Gasteiger partial charge on any atom is -0.373 e. The molecule has 106 valence electrons. The summed E-state index contributed by atoms with van der Waals surface area (Å²) in [6, 6.07) is 2.68. The fourth-order valence-corrected chi connectivity index (χ4v) is 2.40. The molecular formula is C14H25N5. The summed E-state index contributed by atoms with van der Waals surface area (Å²) in [4.78, 5) is 14.0. The molecule has 0 unspecified atom stereocenters. The monoisotopic (exact) mass is 263 g/mol. The Hall–Kier alpha value is -1.36. The van der Waals surface area contributed by atoms with E-state index < -0.39 is 0 Å². The van der Waals surface area contributed by atoms with Gasteiger partial charge in [0.15, 0.2) is 0 Å². The number of aryl methyl sites for hydroxylation is 1. The number of nitrogens with zero attached hydrogens (tertiary/aromatic N) is 4. The van der Waals surface area contributed by atoms with E-state index in [0.717, 1.165) is 50.1 Å². The first kappa shape index (κ1) is 14.1. The zero-order valence-electron chi connectivity index (χ0n) is 12.5. The van der Waals surface area contributed by atoms with Gasteiger partial charge in [-0.05, 0) is 13.8 Å². The molecule has 1 N–H and O–H groups in total. The first-order valence-corrected chi connectivity index (χ1v) is 7.18. The van der Waals surface area contributed by atoms with E-state index >= 15 is 0 Å². The molecule has 1 saturated heterocycles. The summed E-state index contributed by atoms with van der Waals surface area (Å²) in [5.74, 6) is 2.88. The van der Waals surface area contributed by atoms with Crippen molar-refractivity contribution in [3.8, 4) is 0 Å². The topological polar surface area (TPSA) is 44.3 Å². The van der Waals surface area contributed by atoms with Crippen molar-refractivity contribution < 1.29 is 0 Å². The van der Waals surface area contributed by atoms with Crippen LogP contribution >= 0.6 is 0 Å². The minimum atomic E-state index is 0.631. The van der Waals surface area contributed by atoms with Crippen LogP contribution in [0, 0.1) is 0 Å². The Bertz CT molecular complexity index is 388. The van der Waals surface area contributed by atoms with E-state index in [2.05, 4.69) is 45.9 Å². The Labute approximate surface area is 116 Å². The van der Waals surface area contributed by atoms with Gasteiger partial charge < -0.3 is 10.2 Å². The summed E-state index contributed by atoms with van der Waals surface area (Å²) in [5.41, 5.74) is 0. The number of piperazine rings is 1. The van der Waals surface area contributed by atoms with Crippen molar-refractivity contribution in [3.05, 3.63) is 11.9 Å².